The lowest BCUT2D eigenvalue weighted by molar-refractivity contribution is -0.118. The summed E-state index contributed by atoms with van der Waals surface area (Å²) in [7, 11) is 3.31. The molecule has 0 aliphatic carbocycles. The molecule has 2 amide bonds. The number of nitrogens with zero attached hydrogens (tertiary/aromatic N) is 6. The van der Waals surface area contributed by atoms with Gasteiger partial charge in [0.25, 0.3) is 5.91 Å². The van der Waals surface area contributed by atoms with Gasteiger partial charge in [0.15, 0.2) is 6.04 Å². The fourth-order valence-electron chi connectivity index (χ4n) is 3.13. The SMILES string of the molecule is COc1ccc(-c2csc(N3N=C(C)[C@H](N=Nc4ccc(N(C)C(C)=O)cc4)C3=O)n2)cc1. The van der Waals surface area contributed by atoms with Crippen LogP contribution in [0.2, 0.25) is 0 Å². The molecule has 33 heavy (non-hydrogen) atoms. The first-order valence-electron chi connectivity index (χ1n) is 10.1. The van der Waals surface area contributed by atoms with Gasteiger partial charge in [0.05, 0.1) is 24.2 Å². The van der Waals surface area contributed by atoms with Crippen molar-refractivity contribution in [2.45, 2.75) is 19.9 Å². The first-order chi connectivity index (χ1) is 15.9. The predicted octanol–water partition coefficient (Wildman–Crippen LogP) is 4.68. The van der Waals surface area contributed by atoms with Gasteiger partial charge >= 0.3 is 0 Å². The van der Waals surface area contributed by atoms with Crippen LogP contribution in [0.5, 0.6) is 5.75 Å². The van der Waals surface area contributed by atoms with Crippen molar-refractivity contribution in [3.05, 3.63) is 53.9 Å². The lowest BCUT2D eigenvalue weighted by Crippen LogP contribution is -2.29. The van der Waals surface area contributed by atoms with Gasteiger partial charge in [-0.25, -0.2) is 4.98 Å². The lowest BCUT2D eigenvalue weighted by Gasteiger charge is -2.14. The average Bonchev–Trinajstić information content (AvgIpc) is 3.42. The van der Waals surface area contributed by atoms with E-state index in [9.17, 15) is 9.59 Å². The molecule has 1 atom stereocenters. The zero-order valence-electron chi connectivity index (χ0n) is 18.6. The third-order valence-electron chi connectivity index (χ3n) is 5.15. The van der Waals surface area contributed by atoms with Crippen LogP contribution in [0.15, 0.2) is 69.2 Å². The van der Waals surface area contributed by atoms with Crippen molar-refractivity contribution >= 4 is 45.4 Å². The summed E-state index contributed by atoms with van der Waals surface area (Å²) in [4.78, 5) is 30.5. The monoisotopic (exact) mass is 462 g/mol. The lowest BCUT2D eigenvalue weighted by atomic mass is 10.2. The number of hydrazone groups is 1. The van der Waals surface area contributed by atoms with E-state index in [-0.39, 0.29) is 11.8 Å². The number of azo groups is 1. The molecule has 10 heteroatoms. The number of rotatable bonds is 6. The van der Waals surface area contributed by atoms with Gasteiger partial charge < -0.3 is 9.64 Å². The summed E-state index contributed by atoms with van der Waals surface area (Å²) in [5.41, 5.74) is 3.53. The van der Waals surface area contributed by atoms with E-state index in [1.54, 1.807) is 45.3 Å². The van der Waals surface area contributed by atoms with E-state index in [1.165, 1.54) is 28.2 Å². The molecular weight excluding hydrogens is 440 g/mol. The number of methoxy groups -OCH3 is 1. The molecule has 0 spiro atoms. The number of hydrogen-bond donors (Lipinski definition) is 0. The molecule has 3 aromatic rings. The Morgan fingerprint density at radius 1 is 1.15 bits per heavy atom. The summed E-state index contributed by atoms with van der Waals surface area (Å²) in [6.07, 6.45) is 0. The molecule has 1 aromatic heterocycles. The number of aromatic nitrogens is 1. The quantitative estimate of drug-likeness (QED) is 0.497. The Hall–Kier alpha value is -3.92. The number of hydrogen-bond acceptors (Lipinski definition) is 8. The van der Waals surface area contributed by atoms with E-state index < -0.39 is 6.04 Å². The van der Waals surface area contributed by atoms with Crippen LogP contribution in [0.4, 0.5) is 16.5 Å². The van der Waals surface area contributed by atoms with Crippen molar-refractivity contribution in [2.24, 2.45) is 15.3 Å². The Kier molecular flexibility index (Phi) is 6.27. The Morgan fingerprint density at radius 2 is 1.85 bits per heavy atom. The van der Waals surface area contributed by atoms with Crippen molar-refractivity contribution in [3.8, 4) is 17.0 Å². The third kappa shape index (κ3) is 4.65. The second-order valence-electron chi connectivity index (χ2n) is 7.35. The number of carbonyl (C=O) groups is 2. The highest BCUT2D eigenvalue weighted by Crippen LogP contribution is 2.31. The van der Waals surface area contributed by atoms with Crippen molar-refractivity contribution < 1.29 is 14.3 Å². The molecule has 0 N–H and O–H groups in total. The predicted molar refractivity (Wildman–Crippen MR) is 129 cm³/mol. The number of benzene rings is 2. The third-order valence-corrected chi connectivity index (χ3v) is 5.97. The van der Waals surface area contributed by atoms with Crippen molar-refractivity contribution in [1.29, 1.82) is 0 Å². The summed E-state index contributed by atoms with van der Waals surface area (Å²) >= 11 is 1.33. The molecule has 2 heterocycles. The second-order valence-corrected chi connectivity index (χ2v) is 8.18. The normalized spacial score (nSPS) is 15.8. The van der Waals surface area contributed by atoms with Crippen LogP contribution in [0.25, 0.3) is 11.3 Å². The van der Waals surface area contributed by atoms with Gasteiger partial charge in [-0.2, -0.15) is 20.3 Å². The van der Waals surface area contributed by atoms with E-state index in [1.807, 2.05) is 29.6 Å². The number of anilines is 2. The van der Waals surface area contributed by atoms with Gasteiger partial charge in [-0.15, -0.1) is 11.3 Å². The molecule has 9 nitrogen and oxygen atoms in total. The summed E-state index contributed by atoms with van der Waals surface area (Å²) < 4.78 is 5.19. The highest BCUT2D eigenvalue weighted by atomic mass is 32.1. The van der Waals surface area contributed by atoms with Crippen LogP contribution in [0.3, 0.4) is 0 Å². The van der Waals surface area contributed by atoms with E-state index in [4.69, 9.17) is 4.74 Å². The Bertz CT molecular complexity index is 1230. The largest absolute Gasteiger partial charge is 0.497 e. The molecule has 1 aliphatic rings. The van der Waals surface area contributed by atoms with E-state index in [0.717, 1.165) is 22.7 Å². The molecule has 0 unspecified atom stereocenters. The van der Waals surface area contributed by atoms with Crippen molar-refractivity contribution in [3.63, 3.8) is 0 Å². The van der Waals surface area contributed by atoms with Crippen LogP contribution in [-0.2, 0) is 9.59 Å². The molecule has 4 rings (SSSR count). The first kappa shape index (κ1) is 22.3. The van der Waals surface area contributed by atoms with E-state index >= 15 is 0 Å². The summed E-state index contributed by atoms with van der Waals surface area (Å²) in [6.45, 7) is 3.24. The number of carbonyl (C=O) groups excluding carboxylic acids is 2. The van der Waals surface area contributed by atoms with Crippen LogP contribution in [0.1, 0.15) is 13.8 Å². The maximum atomic E-state index is 12.9. The van der Waals surface area contributed by atoms with E-state index in [0.29, 0.717) is 16.5 Å². The maximum Gasteiger partial charge on any atom is 0.282 e. The standard InChI is InChI=1S/C23H22N6O3S/c1-14-21(26-25-17-7-9-18(10-8-17)28(3)15(2)30)22(31)29(27-14)23-24-20(13-33-23)16-5-11-19(32-4)12-6-16/h5-13,21H,1-4H3/t21-/m0/s1. The van der Waals surface area contributed by atoms with Gasteiger partial charge in [-0.1, -0.05) is 0 Å². The van der Waals surface area contributed by atoms with Gasteiger partial charge in [0.2, 0.25) is 11.0 Å². The highest BCUT2D eigenvalue weighted by molar-refractivity contribution is 7.14. The highest BCUT2D eigenvalue weighted by Gasteiger charge is 2.36. The number of thiazole rings is 1. The van der Waals surface area contributed by atoms with Crippen molar-refractivity contribution in [1.82, 2.24) is 4.98 Å². The Morgan fingerprint density at radius 3 is 2.48 bits per heavy atom. The fraction of sp³-hybridized carbons (Fsp3) is 0.217. The molecule has 168 valence electrons. The van der Waals surface area contributed by atoms with Gasteiger partial charge in [-0.05, 0) is 55.5 Å². The molecule has 0 bridgehead atoms. The minimum atomic E-state index is -0.807. The van der Waals surface area contributed by atoms with Crippen LogP contribution in [0, 0.1) is 0 Å². The summed E-state index contributed by atoms with van der Waals surface area (Å²) in [6, 6.07) is 13.8. The average molecular weight is 463 g/mol. The zero-order chi connectivity index (χ0) is 23.5. The topological polar surface area (TPSA) is 99.8 Å². The number of ether oxygens (including phenoxy) is 1. The molecule has 0 fully saturated rings. The minimum Gasteiger partial charge on any atom is -0.497 e. The molecular formula is C23H22N6O3S. The van der Waals surface area contributed by atoms with Crippen molar-refractivity contribution in [2.75, 3.05) is 24.1 Å². The van der Waals surface area contributed by atoms with E-state index in [2.05, 4.69) is 20.3 Å². The van der Waals surface area contributed by atoms with Gasteiger partial charge in [0, 0.05) is 30.6 Å². The molecule has 1 aliphatic heterocycles. The van der Waals surface area contributed by atoms with Gasteiger partial charge in [-0.3, -0.25) is 9.59 Å². The Balaban J connectivity index is 1.47. The molecule has 0 radical (unpaired) electrons. The van der Waals surface area contributed by atoms with Crippen LogP contribution < -0.4 is 14.6 Å². The Labute approximate surface area is 195 Å². The number of amides is 2. The molecule has 0 saturated heterocycles. The minimum absolute atomic E-state index is 0.0646. The summed E-state index contributed by atoms with van der Waals surface area (Å²) in [5.74, 6) is 0.392. The van der Waals surface area contributed by atoms with Crippen LogP contribution in [-0.4, -0.2) is 42.7 Å². The molecule has 0 saturated carbocycles. The van der Waals surface area contributed by atoms with Crippen LogP contribution >= 0.6 is 11.3 Å². The summed E-state index contributed by atoms with van der Waals surface area (Å²) in [5, 5.41) is 16.4. The maximum absolute atomic E-state index is 12.9. The van der Waals surface area contributed by atoms with Gasteiger partial charge in [0.1, 0.15) is 5.75 Å². The smallest absolute Gasteiger partial charge is 0.282 e. The fourth-order valence-corrected chi connectivity index (χ4v) is 3.92. The zero-order valence-corrected chi connectivity index (χ0v) is 19.4. The first-order valence-corrected chi connectivity index (χ1v) is 11.0. The molecule has 2 aromatic carbocycles. The second kappa shape index (κ2) is 9.29.